The average molecular weight is 477 g/mol. The van der Waals surface area contributed by atoms with Gasteiger partial charge in [-0.2, -0.15) is 0 Å². The highest BCUT2D eigenvalue weighted by Crippen LogP contribution is 2.36. The van der Waals surface area contributed by atoms with E-state index in [1.54, 1.807) is 12.0 Å². The van der Waals surface area contributed by atoms with E-state index in [-0.39, 0.29) is 12.2 Å². The van der Waals surface area contributed by atoms with E-state index in [2.05, 4.69) is 14.9 Å². The maximum absolute atomic E-state index is 12.9. The first kappa shape index (κ1) is 21.9. The number of rotatable bonds is 5. The van der Waals surface area contributed by atoms with E-state index in [9.17, 15) is 4.79 Å². The van der Waals surface area contributed by atoms with Gasteiger partial charge in [-0.1, -0.05) is 0 Å². The third-order valence-electron chi connectivity index (χ3n) is 7.06. The number of ether oxygens (including phenoxy) is 4. The van der Waals surface area contributed by atoms with Gasteiger partial charge in [0, 0.05) is 43.9 Å². The normalized spacial score (nSPS) is 22.0. The van der Waals surface area contributed by atoms with E-state index in [0.29, 0.717) is 43.1 Å². The van der Waals surface area contributed by atoms with Crippen LogP contribution in [0.25, 0.3) is 11.0 Å². The van der Waals surface area contributed by atoms with Gasteiger partial charge >= 0.3 is 6.09 Å². The lowest BCUT2D eigenvalue weighted by molar-refractivity contribution is -0.00647. The second-order valence-electron chi connectivity index (χ2n) is 9.15. The van der Waals surface area contributed by atoms with Crippen LogP contribution in [0.5, 0.6) is 17.4 Å². The van der Waals surface area contributed by atoms with E-state index in [1.165, 1.54) is 0 Å². The number of carbonyl (C=O) groups excluding carboxylic acids is 1. The SMILES string of the molecule is COc1ccc2nccc(CCN3CCC4CN(c5ccc6c(c5)OCCO6)C(=O)OC4C3)c2n1. The van der Waals surface area contributed by atoms with Crippen molar-refractivity contribution in [3.63, 3.8) is 0 Å². The van der Waals surface area contributed by atoms with Gasteiger partial charge in [-0.15, -0.1) is 0 Å². The molecule has 6 rings (SSSR count). The molecule has 9 heteroatoms. The summed E-state index contributed by atoms with van der Waals surface area (Å²) in [5.41, 5.74) is 3.66. The first-order chi connectivity index (χ1) is 17.2. The Morgan fingerprint density at radius 3 is 2.86 bits per heavy atom. The van der Waals surface area contributed by atoms with Crippen LogP contribution in [0.15, 0.2) is 42.6 Å². The Morgan fingerprint density at radius 1 is 1.09 bits per heavy atom. The van der Waals surface area contributed by atoms with Crippen LogP contribution in [0, 0.1) is 5.92 Å². The molecule has 35 heavy (non-hydrogen) atoms. The van der Waals surface area contributed by atoms with Crippen molar-refractivity contribution in [2.45, 2.75) is 18.9 Å². The standard InChI is InChI=1S/C26H28N4O5/c1-32-24-5-3-20-25(28-24)17(6-9-27-20)7-10-29-11-8-18-15-30(26(31)35-23(18)16-29)19-2-4-21-22(14-19)34-13-12-33-21/h2-6,9,14,18,23H,7-8,10-13,15-16H2,1H3. The second kappa shape index (κ2) is 9.22. The molecular formula is C26H28N4O5. The van der Waals surface area contributed by atoms with Gasteiger partial charge in [0.2, 0.25) is 5.88 Å². The summed E-state index contributed by atoms with van der Waals surface area (Å²) < 4.78 is 22.5. The fourth-order valence-electron chi connectivity index (χ4n) is 5.14. The first-order valence-corrected chi connectivity index (χ1v) is 12.1. The van der Waals surface area contributed by atoms with E-state index >= 15 is 0 Å². The number of aromatic nitrogens is 2. The number of pyridine rings is 2. The molecule has 182 valence electrons. The van der Waals surface area contributed by atoms with Crippen molar-refractivity contribution in [1.82, 2.24) is 14.9 Å². The smallest absolute Gasteiger partial charge is 0.414 e. The zero-order valence-electron chi connectivity index (χ0n) is 19.7. The molecule has 3 aliphatic rings. The summed E-state index contributed by atoms with van der Waals surface area (Å²) in [6.45, 7) is 4.28. The lowest BCUT2D eigenvalue weighted by atomic mass is 9.91. The molecule has 2 atom stereocenters. The lowest BCUT2D eigenvalue weighted by Gasteiger charge is -2.44. The zero-order chi connectivity index (χ0) is 23.8. The Kier molecular flexibility index (Phi) is 5.77. The topological polar surface area (TPSA) is 86.2 Å². The van der Waals surface area contributed by atoms with Crippen LogP contribution in [0.4, 0.5) is 10.5 Å². The quantitative estimate of drug-likeness (QED) is 0.555. The first-order valence-electron chi connectivity index (χ1n) is 12.1. The van der Waals surface area contributed by atoms with Crippen LogP contribution in [-0.2, 0) is 11.2 Å². The second-order valence-corrected chi connectivity index (χ2v) is 9.15. The average Bonchev–Trinajstić information content (AvgIpc) is 2.90. The highest BCUT2D eigenvalue weighted by atomic mass is 16.6. The lowest BCUT2D eigenvalue weighted by Crippen LogP contribution is -2.56. The van der Waals surface area contributed by atoms with Crippen molar-refractivity contribution in [2.24, 2.45) is 5.92 Å². The Bertz CT molecular complexity index is 1250. The molecule has 0 spiro atoms. The van der Waals surface area contributed by atoms with E-state index in [4.69, 9.17) is 18.9 Å². The minimum absolute atomic E-state index is 0.0999. The predicted octanol–water partition coefficient (Wildman–Crippen LogP) is 3.30. The number of methoxy groups -OCH3 is 1. The van der Waals surface area contributed by atoms with Crippen molar-refractivity contribution in [3.8, 4) is 17.4 Å². The molecule has 1 amide bonds. The fraction of sp³-hybridized carbons (Fsp3) is 0.423. The summed E-state index contributed by atoms with van der Waals surface area (Å²) in [6, 6.07) is 11.4. The molecule has 0 saturated carbocycles. The maximum Gasteiger partial charge on any atom is 0.414 e. The molecule has 3 aliphatic heterocycles. The van der Waals surface area contributed by atoms with Crippen LogP contribution >= 0.6 is 0 Å². The molecule has 9 nitrogen and oxygen atoms in total. The molecule has 2 saturated heterocycles. The molecule has 0 bridgehead atoms. The Labute approximate surface area is 203 Å². The van der Waals surface area contributed by atoms with Crippen molar-refractivity contribution >= 4 is 22.8 Å². The van der Waals surface area contributed by atoms with Gasteiger partial charge < -0.3 is 18.9 Å². The van der Waals surface area contributed by atoms with Crippen molar-refractivity contribution in [2.75, 3.05) is 51.4 Å². The summed E-state index contributed by atoms with van der Waals surface area (Å²) in [5.74, 6) is 2.27. The van der Waals surface area contributed by atoms with Gasteiger partial charge in [0.15, 0.2) is 11.5 Å². The van der Waals surface area contributed by atoms with E-state index in [1.807, 2.05) is 42.6 Å². The summed E-state index contributed by atoms with van der Waals surface area (Å²) in [7, 11) is 1.62. The number of benzene rings is 1. The van der Waals surface area contributed by atoms with Crippen molar-refractivity contribution in [3.05, 3.63) is 48.2 Å². The molecule has 0 N–H and O–H groups in total. The highest BCUT2D eigenvalue weighted by Gasteiger charge is 2.40. The number of piperidine rings is 1. The van der Waals surface area contributed by atoms with Crippen molar-refractivity contribution in [1.29, 1.82) is 0 Å². The van der Waals surface area contributed by atoms with Crippen LogP contribution in [0.1, 0.15) is 12.0 Å². The zero-order valence-corrected chi connectivity index (χ0v) is 19.7. The fourth-order valence-corrected chi connectivity index (χ4v) is 5.14. The third kappa shape index (κ3) is 4.32. The summed E-state index contributed by atoms with van der Waals surface area (Å²) in [4.78, 5) is 26.0. The minimum atomic E-state index is -0.304. The number of amides is 1. The van der Waals surface area contributed by atoms with Gasteiger partial charge in [-0.25, -0.2) is 9.78 Å². The summed E-state index contributed by atoms with van der Waals surface area (Å²) >= 11 is 0. The van der Waals surface area contributed by atoms with Gasteiger partial charge in [-0.05, 0) is 49.2 Å². The molecule has 3 aromatic rings. The molecule has 2 fully saturated rings. The maximum atomic E-state index is 12.9. The Hall–Kier alpha value is -3.59. The largest absolute Gasteiger partial charge is 0.486 e. The van der Waals surface area contributed by atoms with Crippen molar-refractivity contribution < 1.29 is 23.7 Å². The van der Waals surface area contributed by atoms with Gasteiger partial charge in [0.05, 0.1) is 23.8 Å². The number of carbonyl (C=O) groups is 1. The van der Waals surface area contributed by atoms with Gasteiger partial charge in [-0.3, -0.25) is 14.8 Å². The molecule has 0 radical (unpaired) electrons. The van der Waals surface area contributed by atoms with E-state index < -0.39 is 0 Å². The molecule has 0 aliphatic carbocycles. The highest BCUT2D eigenvalue weighted by molar-refractivity contribution is 5.89. The summed E-state index contributed by atoms with van der Waals surface area (Å²) in [5, 5.41) is 0. The minimum Gasteiger partial charge on any atom is -0.486 e. The molecular weight excluding hydrogens is 448 g/mol. The number of hydrogen-bond donors (Lipinski definition) is 0. The van der Waals surface area contributed by atoms with Crippen LogP contribution in [0.3, 0.4) is 0 Å². The molecule has 2 aromatic heterocycles. The van der Waals surface area contributed by atoms with Crippen LogP contribution in [-0.4, -0.2) is 73.6 Å². The number of nitrogens with zero attached hydrogens (tertiary/aromatic N) is 4. The molecule has 5 heterocycles. The number of fused-ring (bicyclic) bond motifs is 3. The Balaban J connectivity index is 1.10. The van der Waals surface area contributed by atoms with E-state index in [0.717, 1.165) is 54.8 Å². The Morgan fingerprint density at radius 2 is 1.97 bits per heavy atom. The monoisotopic (exact) mass is 476 g/mol. The number of likely N-dealkylation sites (tertiary alicyclic amines) is 1. The van der Waals surface area contributed by atoms with Crippen LogP contribution in [0.2, 0.25) is 0 Å². The number of anilines is 1. The third-order valence-corrected chi connectivity index (χ3v) is 7.06. The molecule has 2 unspecified atom stereocenters. The summed E-state index contributed by atoms with van der Waals surface area (Å²) in [6.07, 6.45) is 3.24. The van der Waals surface area contributed by atoms with Gasteiger partial charge in [0.25, 0.3) is 0 Å². The van der Waals surface area contributed by atoms with Gasteiger partial charge in [0.1, 0.15) is 19.3 Å². The molecule has 1 aromatic carbocycles. The van der Waals surface area contributed by atoms with Crippen LogP contribution < -0.4 is 19.1 Å². The predicted molar refractivity (Wildman–Crippen MR) is 129 cm³/mol. The number of hydrogen-bond acceptors (Lipinski definition) is 8.